The maximum atomic E-state index is 12.8. The van der Waals surface area contributed by atoms with Gasteiger partial charge in [0, 0.05) is 18.7 Å². The summed E-state index contributed by atoms with van der Waals surface area (Å²) in [5, 5.41) is 5.94. The van der Waals surface area contributed by atoms with Gasteiger partial charge in [0.25, 0.3) is 5.91 Å². The van der Waals surface area contributed by atoms with Crippen LogP contribution in [0.1, 0.15) is 23.3 Å². The lowest BCUT2D eigenvalue weighted by molar-refractivity contribution is -0.116. The quantitative estimate of drug-likeness (QED) is 0.436. The molecule has 0 aliphatic rings. The van der Waals surface area contributed by atoms with Gasteiger partial charge < -0.3 is 10.6 Å². The van der Waals surface area contributed by atoms with Crippen molar-refractivity contribution in [3.8, 4) is 0 Å². The van der Waals surface area contributed by atoms with Gasteiger partial charge in [-0.3, -0.25) is 9.59 Å². The number of carbonyl (C=O) groups is 2. The summed E-state index contributed by atoms with van der Waals surface area (Å²) in [5.74, 6) is -0.999. The van der Waals surface area contributed by atoms with E-state index >= 15 is 0 Å². The molecular weight excluding hydrogens is 367 g/mol. The highest BCUT2D eigenvalue weighted by atomic mass is 35.5. The fourth-order valence-electron chi connectivity index (χ4n) is 1.90. The van der Waals surface area contributed by atoms with Gasteiger partial charge in [0.2, 0.25) is 5.91 Å². The first-order valence-electron chi connectivity index (χ1n) is 7.39. The second-order valence-corrected chi connectivity index (χ2v) is 6.15. The highest BCUT2D eigenvalue weighted by Gasteiger charge is 2.13. The first-order valence-corrected chi connectivity index (χ1v) is 9.00. The number of hydrogen-bond donors (Lipinski definition) is 2. The number of carbonyl (C=O) groups excluding carboxylic acids is 2. The van der Waals surface area contributed by atoms with E-state index in [1.807, 2.05) is 0 Å². The van der Waals surface area contributed by atoms with E-state index in [4.69, 9.17) is 11.6 Å². The largest absolute Gasteiger partial charge is 0.351 e. The lowest BCUT2D eigenvalue weighted by atomic mass is 10.2. The van der Waals surface area contributed by atoms with Crippen LogP contribution in [0.5, 0.6) is 0 Å². The molecule has 2 rings (SSSR count). The van der Waals surface area contributed by atoms with E-state index in [2.05, 4.69) is 20.6 Å². The van der Waals surface area contributed by atoms with Gasteiger partial charge in [0.15, 0.2) is 10.9 Å². The number of nitrogens with zero attached hydrogens (tertiary/aromatic N) is 2. The van der Waals surface area contributed by atoms with E-state index < -0.39 is 5.91 Å². The van der Waals surface area contributed by atoms with Crippen LogP contribution in [0.4, 0.5) is 10.1 Å². The molecule has 0 aliphatic heterocycles. The van der Waals surface area contributed by atoms with E-state index in [9.17, 15) is 14.0 Å². The second kappa shape index (κ2) is 9.33. The van der Waals surface area contributed by atoms with Crippen LogP contribution < -0.4 is 10.6 Å². The molecule has 0 spiro atoms. The number of benzene rings is 1. The Hall–Kier alpha value is -2.19. The van der Waals surface area contributed by atoms with Gasteiger partial charge in [-0.2, -0.15) is 0 Å². The van der Waals surface area contributed by atoms with Gasteiger partial charge in [-0.25, -0.2) is 14.4 Å². The van der Waals surface area contributed by atoms with Crippen LogP contribution in [0, 0.1) is 5.82 Å². The minimum atomic E-state index is -0.415. The Kier molecular flexibility index (Phi) is 7.15. The molecule has 0 radical (unpaired) electrons. The Morgan fingerprint density at radius 2 is 2.00 bits per heavy atom. The van der Waals surface area contributed by atoms with Crippen LogP contribution in [0.25, 0.3) is 0 Å². The number of halogens is 2. The molecule has 0 saturated heterocycles. The average Bonchev–Trinajstić information content (AvgIpc) is 2.61. The van der Waals surface area contributed by atoms with Crippen LogP contribution in [0.15, 0.2) is 35.6 Å². The van der Waals surface area contributed by atoms with Crippen LogP contribution in [-0.4, -0.2) is 34.6 Å². The SMILES string of the molecule is CSc1ncc(Cl)c(C(=O)NCCCC(=O)Nc2ccc(F)cc2)n1. The highest BCUT2D eigenvalue weighted by molar-refractivity contribution is 7.98. The van der Waals surface area contributed by atoms with E-state index in [-0.39, 0.29) is 28.9 Å². The molecule has 1 heterocycles. The summed E-state index contributed by atoms with van der Waals surface area (Å²) in [6, 6.07) is 5.50. The van der Waals surface area contributed by atoms with Crippen LogP contribution in [-0.2, 0) is 4.79 Å². The maximum absolute atomic E-state index is 12.8. The third-order valence-electron chi connectivity index (χ3n) is 3.11. The first-order chi connectivity index (χ1) is 12.0. The van der Waals surface area contributed by atoms with Gasteiger partial charge >= 0.3 is 0 Å². The molecule has 1 aromatic carbocycles. The zero-order chi connectivity index (χ0) is 18.2. The molecular formula is C16H16ClFN4O2S. The molecule has 0 bridgehead atoms. The molecule has 2 N–H and O–H groups in total. The molecule has 2 aromatic rings. The number of hydrogen-bond acceptors (Lipinski definition) is 5. The van der Waals surface area contributed by atoms with Crippen LogP contribution in [0.3, 0.4) is 0 Å². The molecule has 132 valence electrons. The van der Waals surface area contributed by atoms with Gasteiger partial charge in [-0.05, 0) is 36.9 Å². The Balaban J connectivity index is 1.76. The standard InChI is InChI=1S/C16H16ClFN4O2S/c1-25-16-20-9-12(17)14(22-16)15(24)19-8-2-3-13(23)21-11-6-4-10(18)5-7-11/h4-7,9H,2-3,8H2,1H3,(H,19,24)(H,21,23). The molecule has 2 amide bonds. The molecule has 1 aromatic heterocycles. The fourth-order valence-corrected chi connectivity index (χ4v) is 2.42. The predicted octanol–water partition coefficient (Wildman–Crippen LogP) is 3.14. The number of anilines is 1. The van der Waals surface area contributed by atoms with Crippen LogP contribution in [0.2, 0.25) is 5.02 Å². The summed E-state index contributed by atoms with van der Waals surface area (Å²) in [5.41, 5.74) is 0.629. The van der Waals surface area contributed by atoms with E-state index in [1.54, 1.807) is 6.26 Å². The molecule has 0 saturated carbocycles. The molecule has 0 atom stereocenters. The van der Waals surface area contributed by atoms with E-state index in [0.29, 0.717) is 23.8 Å². The molecule has 0 aliphatic carbocycles. The zero-order valence-electron chi connectivity index (χ0n) is 13.4. The third-order valence-corrected chi connectivity index (χ3v) is 3.95. The monoisotopic (exact) mass is 382 g/mol. The van der Waals surface area contributed by atoms with Crippen molar-refractivity contribution in [1.29, 1.82) is 0 Å². The summed E-state index contributed by atoms with van der Waals surface area (Å²) >= 11 is 7.23. The predicted molar refractivity (Wildman–Crippen MR) is 95.4 cm³/mol. The summed E-state index contributed by atoms with van der Waals surface area (Å²) in [4.78, 5) is 31.9. The van der Waals surface area contributed by atoms with Gasteiger partial charge in [-0.1, -0.05) is 23.4 Å². The third kappa shape index (κ3) is 5.99. The fraction of sp³-hybridized carbons (Fsp3) is 0.250. The normalized spacial score (nSPS) is 10.4. The van der Waals surface area contributed by atoms with Gasteiger partial charge in [0.05, 0.1) is 11.2 Å². The average molecular weight is 383 g/mol. The minimum Gasteiger partial charge on any atom is -0.351 e. The van der Waals surface area contributed by atoms with Crippen molar-refractivity contribution in [3.63, 3.8) is 0 Å². The lowest BCUT2D eigenvalue weighted by Crippen LogP contribution is -2.27. The Bertz CT molecular complexity index is 758. The van der Waals surface area contributed by atoms with Crippen LogP contribution >= 0.6 is 23.4 Å². The molecule has 0 unspecified atom stereocenters. The highest BCUT2D eigenvalue weighted by Crippen LogP contribution is 2.16. The Labute approximate surface area is 153 Å². The van der Waals surface area contributed by atoms with Crippen molar-refractivity contribution in [2.24, 2.45) is 0 Å². The number of aromatic nitrogens is 2. The van der Waals surface area contributed by atoms with Gasteiger partial charge in [-0.15, -0.1) is 0 Å². The molecule has 0 fully saturated rings. The number of thioether (sulfide) groups is 1. The number of rotatable bonds is 7. The summed E-state index contributed by atoms with van der Waals surface area (Å²) < 4.78 is 12.8. The number of nitrogens with one attached hydrogen (secondary N) is 2. The minimum absolute atomic E-state index is 0.108. The van der Waals surface area contributed by atoms with Crippen molar-refractivity contribution < 1.29 is 14.0 Å². The summed E-state index contributed by atoms with van der Waals surface area (Å²) in [6.45, 7) is 0.296. The molecule has 9 heteroatoms. The van der Waals surface area contributed by atoms with Crippen molar-refractivity contribution >= 4 is 40.9 Å². The summed E-state index contributed by atoms with van der Waals surface area (Å²) in [7, 11) is 0. The van der Waals surface area contributed by atoms with Crippen molar-refractivity contribution in [3.05, 3.63) is 47.0 Å². The second-order valence-electron chi connectivity index (χ2n) is 4.97. The number of amides is 2. The Morgan fingerprint density at radius 3 is 2.68 bits per heavy atom. The molecule has 6 nitrogen and oxygen atoms in total. The van der Waals surface area contributed by atoms with Crippen molar-refractivity contribution in [2.75, 3.05) is 18.1 Å². The smallest absolute Gasteiger partial charge is 0.271 e. The molecule has 25 heavy (non-hydrogen) atoms. The van der Waals surface area contributed by atoms with E-state index in [1.165, 1.54) is 42.2 Å². The van der Waals surface area contributed by atoms with E-state index in [0.717, 1.165) is 0 Å². The lowest BCUT2D eigenvalue weighted by Gasteiger charge is -2.07. The van der Waals surface area contributed by atoms with Crippen molar-refractivity contribution in [2.45, 2.75) is 18.0 Å². The maximum Gasteiger partial charge on any atom is 0.271 e. The zero-order valence-corrected chi connectivity index (χ0v) is 15.0. The Morgan fingerprint density at radius 1 is 1.28 bits per heavy atom. The van der Waals surface area contributed by atoms with Crippen molar-refractivity contribution in [1.82, 2.24) is 15.3 Å². The first kappa shape index (κ1) is 19.1. The van der Waals surface area contributed by atoms with Gasteiger partial charge in [0.1, 0.15) is 5.82 Å². The summed E-state index contributed by atoms with van der Waals surface area (Å²) in [6.07, 6.45) is 3.83. The topological polar surface area (TPSA) is 84.0 Å².